The molecule has 1 unspecified atom stereocenters. The zero-order valence-corrected chi connectivity index (χ0v) is 18.0. The van der Waals surface area contributed by atoms with E-state index >= 15 is 4.39 Å². The van der Waals surface area contributed by atoms with Crippen LogP contribution in [0.5, 0.6) is 0 Å². The Hall–Kier alpha value is -2.48. The van der Waals surface area contributed by atoms with Crippen LogP contribution in [0.1, 0.15) is 74.3 Å². The maximum atomic E-state index is 15.0. The Balaban J connectivity index is 1.81. The van der Waals surface area contributed by atoms with Gasteiger partial charge in [-0.2, -0.15) is 0 Å². The third-order valence-corrected chi connectivity index (χ3v) is 5.99. The maximum absolute atomic E-state index is 15.0. The molecule has 0 aromatic heterocycles. The summed E-state index contributed by atoms with van der Waals surface area (Å²) in [7, 11) is 0. The van der Waals surface area contributed by atoms with Crippen LogP contribution >= 0.6 is 0 Å². The molecule has 0 nitrogen and oxygen atoms in total. The van der Waals surface area contributed by atoms with Gasteiger partial charge in [0, 0.05) is 5.41 Å². The third-order valence-electron chi connectivity index (χ3n) is 5.99. The Morgan fingerprint density at radius 3 is 2.03 bits per heavy atom. The molecule has 29 heavy (non-hydrogen) atoms. The van der Waals surface area contributed by atoms with Crippen LogP contribution in [0.2, 0.25) is 0 Å². The van der Waals surface area contributed by atoms with E-state index in [9.17, 15) is 4.39 Å². The molecule has 0 amide bonds. The van der Waals surface area contributed by atoms with Crippen LogP contribution in [-0.4, -0.2) is 0 Å². The minimum atomic E-state index is -0.475. The Morgan fingerprint density at radius 1 is 0.793 bits per heavy atom. The fraction of sp³-hybridized carbons (Fsp3) is 0.333. The fourth-order valence-electron chi connectivity index (χ4n) is 3.86. The third kappa shape index (κ3) is 4.75. The molecule has 2 heteroatoms. The number of rotatable bonds is 6. The normalized spacial score (nSPS) is 13.0. The van der Waals surface area contributed by atoms with Gasteiger partial charge in [0.15, 0.2) is 0 Å². The van der Waals surface area contributed by atoms with Crippen molar-refractivity contribution in [3.8, 4) is 0 Å². The van der Waals surface area contributed by atoms with Crippen molar-refractivity contribution in [2.45, 2.75) is 58.3 Å². The minimum Gasteiger partial charge on any atom is -0.207 e. The van der Waals surface area contributed by atoms with Gasteiger partial charge < -0.3 is 0 Å². The average Bonchev–Trinajstić information content (AvgIpc) is 2.68. The van der Waals surface area contributed by atoms with E-state index in [-0.39, 0.29) is 17.6 Å². The molecule has 0 spiro atoms. The van der Waals surface area contributed by atoms with Gasteiger partial charge >= 0.3 is 0 Å². The van der Waals surface area contributed by atoms with Crippen LogP contribution in [0.15, 0.2) is 66.7 Å². The second kappa shape index (κ2) is 8.49. The molecule has 0 radical (unpaired) electrons. The van der Waals surface area contributed by atoms with Crippen molar-refractivity contribution in [3.05, 3.63) is 106 Å². The summed E-state index contributed by atoms with van der Waals surface area (Å²) in [5.41, 5.74) is 4.46. The smallest absolute Gasteiger partial charge is 0.126 e. The summed E-state index contributed by atoms with van der Waals surface area (Å²) >= 11 is 0. The van der Waals surface area contributed by atoms with Crippen LogP contribution in [0.4, 0.5) is 8.78 Å². The van der Waals surface area contributed by atoms with E-state index in [1.165, 1.54) is 23.3 Å². The van der Waals surface area contributed by atoms with Gasteiger partial charge in [-0.05, 0) is 64.3 Å². The van der Waals surface area contributed by atoms with Gasteiger partial charge in [-0.3, -0.25) is 0 Å². The lowest BCUT2D eigenvalue weighted by molar-refractivity contribution is 0.569. The molecule has 3 aromatic rings. The second-order valence-electron chi connectivity index (χ2n) is 8.87. The van der Waals surface area contributed by atoms with Gasteiger partial charge in [-0.1, -0.05) is 83.1 Å². The predicted molar refractivity (Wildman–Crippen MR) is 118 cm³/mol. The van der Waals surface area contributed by atoms with Crippen LogP contribution in [0.25, 0.3) is 0 Å². The summed E-state index contributed by atoms with van der Waals surface area (Å²) in [6, 6.07) is 20.6. The molecule has 0 N–H and O–H groups in total. The lowest BCUT2D eigenvalue weighted by atomic mass is 9.77. The van der Waals surface area contributed by atoms with Crippen LogP contribution in [0, 0.1) is 11.6 Å². The highest BCUT2D eigenvalue weighted by molar-refractivity contribution is 5.40. The molecule has 0 saturated heterocycles. The molecule has 0 aliphatic carbocycles. The molecule has 0 bridgehead atoms. The Labute approximate surface area is 173 Å². The first-order chi connectivity index (χ1) is 13.7. The molecule has 1 atom stereocenters. The van der Waals surface area contributed by atoms with Gasteiger partial charge in [0.05, 0.1) is 0 Å². The van der Waals surface area contributed by atoms with Crippen molar-refractivity contribution in [3.63, 3.8) is 0 Å². The van der Waals surface area contributed by atoms with E-state index < -0.39 is 5.41 Å². The highest BCUT2D eigenvalue weighted by atomic mass is 19.1. The van der Waals surface area contributed by atoms with Gasteiger partial charge in [-0.25, -0.2) is 8.78 Å². The SMILES string of the molecule is CC(C)c1ccc(CC(C)c2ccc(C(C)(C)c3cccc(F)c3)cc2F)cc1. The van der Waals surface area contributed by atoms with Crippen molar-refractivity contribution in [2.75, 3.05) is 0 Å². The Morgan fingerprint density at radius 2 is 1.45 bits per heavy atom. The average molecular weight is 393 g/mol. The largest absolute Gasteiger partial charge is 0.207 e. The summed E-state index contributed by atoms with van der Waals surface area (Å²) < 4.78 is 28.7. The molecule has 0 aliphatic heterocycles. The first kappa shape index (κ1) is 21.2. The molecular weight excluding hydrogens is 362 g/mol. The first-order valence-corrected chi connectivity index (χ1v) is 10.3. The van der Waals surface area contributed by atoms with Gasteiger partial charge in [0.25, 0.3) is 0 Å². The number of hydrogen-bond donors (Lipinski definition) is 0. The van der Waals surface area contributed by atoms with Crippen molar-refractivity contribution in [2.24, 2.45) is 0 Å². The zero-order valence-electron chi connectivity index (χ0n) is 18.0. The van der Waals surface area contributed by atoms with E-state index in [1.807, 2.05) is 32.0 Å². The monoisotopic (exact) mass is 392 g/mol. The molecular formula is C27H30F2. The molecule has 152 valence electrons. The van der Waals surface area contributed by atoms with Gasteiger partial charge in [0.2, 0.25) is 0 Å². The maximum Gasteiger partial charge on any atom is 0.126 e. The van der Waals surface area contributed by atoms with E-state index in [4.69, 9.17) is 0 Å². The van der Waals surface area contributed by atoms with Crippen molar-refractivity contribution in [1.82, 2.24) is 0 Å². The Bertz CT molecular complexity index is 968. The summed E-state index contributed by atoms with van der Waals surface area (Å²) in [5.74, 6) is 0.113. The van der Waals surface area contributed by atoms with E-state index in [2.05, 4.69) is 45.0 Å². The van der Waals surface area contributed by atoms with Gasteiger partial charge in [-0.15, -0.1) is 0 Å². The summed E-state index contributed by atoms with van der Waals surface area (Å²) in [6.45, 7) is 10.4. The molecule has 0 heterocycles. The Kier molecular flexibility index (Phi) is 6.21. The molecule has 0 saturated carbocycles. The standard InChI is InChI=1S/C27H30F2/c1-18(2)21-11-9-20(10-12-21)15-19(3)25-14-13-23(17-26(25)29)27(4,5)22-7-6-8-24(28)16-22/h6-14,16-19H,15H2,1-5H3. The van der Waals surface area contributed by atoms with Crippen molar-refractivity contribution < 1.29 is 8.78 Å². The number of benzene rings is 3. The summed E-state index contributed by atoms with van der Waals surface area (Å²) in [4.78, 5) is 0. The van der Waals surface area contributed by atoms with E-state index in [1.54, 1.807) is 12.1 Å². The summed E-state index contributed by atoms with van der Waals surface area (Å²) in [6.07, 6.45) is 0.794. The van der Waals surface area contributed by atoms with Crippen LogP contribution in [-0.2, 0) is 11.8 Å². The highest BCUT2D eigenvalue weighted by Crippen LogP contribution is 2.34. The van der Waals surface area contributed by atoms with Crippen molar-refractivity contribution in [1.29, 1.82) is 0 Å². The second-order valence-corrected chi connectivity index (χ2v) is 8.87. The van der Waals surface area contributed by atoms with E-state index in [0.29, 0.717) is 5.92 Å². The van der Waals surface area contributed by atoms with Gasteiger partial charge in [0.1, 0.15) is 11.6 Å². The fourth-order valence-corrected chi connectivity index (χ4v) is 3.86. The predicted octanol–water partition coefficient (Wildman–Crippen LogP) is 7.76. The van der Waals surface area contributed by atoms with Crippen molar-refractivity contribution >= 4 is 0 Å². The minimum absolute atomic E-state index is 0.0752. The quantitative estimate of drug-likeness (QED) is 0.402. The lowest BCUT2D eigenvalue weighted by Crippen LogP contribution is -2.19. The summed E-state index contributed by atoms with van der Waals surface area (Å²) in [5, 5.41) is 0. The highest BCUT2D eigenvalue weighted by Gasteiger charge is 2.25. The molecule has 0 fully saturated rings. The topological polar surface area (TPSA) is 0 Å². The van der Waals surface area contributed by atoms with Crippen LogP contribution in [0.3, 0.4) is 0 Å². The first-order valence-electron chi connectivity index (χ1n) is 10.3. The van der Waals surface area contributed by atoms with Crippen LogP contribution < -0.4 is 0 Å². The molecule has 3 rings (SSSR count). The zero-order chi connectivity index (χ0) is 21.2. The molecule has 0 aliphatic rings. The molecule has 3 aromatic carbocycles. The lowest BCUT2D eigenvalue weighted by Gasteiger charge is -2.27. The van der Waals surface area contributed by atoms with E-state index in [0.717, 1.165) is 23.1 Å². The number of halogens is 2. The number of hydrogen-bond acceptors (Lipinski definition) is 0.